The SMILES string of the molecule is CC(Cn1ccnc1)NCc1c(Cl)ccc(Cl)c1Cl. The Bertz CT molecular complexity index is 540. The van der Waals surface area contributed by atoms with Gasteiger partial charge in [-0.15, -0.1) is 0 Å². The van der Waals surface area contributed by atoms with Gasteiger partial charge in [-0.05, 0) is 19.1 Å². The van der Waals surface area contributed by atoms with Gasteiger partial charge in [0.05, 0.1) is 16.4 Å². The van der Waals surface area contributed by atoms with Crippen molar-refractivity contribution in [3.8, 4) is 0 Å². The van der Waals surface area contributed by atoms with Crippen molar-refractivity contribution in [2.24, 2.45) is 0 Å². The van der Waals surface area contributed by atoms with Gasteiger partial charge in [-0.2, -0.15) is 0 Å². The van der Waals surface area contributed by atoms with Crippen LogP contribution in [0, 0.1) is 0 Å². The second-order valence-electron chi connectivity index (χ2n) is 4.36. The van der Waals surface area contributed by atoms with Crippen molar-refractivity contribution in [2.75, 3.05) is 0 Å². The van der Waals surface area contributed by atoms with Crippen molar-refractivity contribution >= 4 is 34.8 Å². The lowest BCUT2D eigenvalue weighted by molar-refractivity contribution is 0.476. The Hall–Kier alpha value is -0.740. The molecule has 3 nitrogen and oxygen atoms in total. The van der Waals surface area contributed by atoms with E-state index in [9.17, 15) is 0 Å². The van der Waals surface area contributed by atoms with E-state index in [0.717, 1.165) is 12.1 Å². The van der Waals surface area contributed by atoms with Gasteiger partial charge in [0.2, 0.25) is 0 Å². The summed E-state index contributed by atoms with van der Waals surface area (Å²) in [7, 11) is 0. The van der Waals surface area contributed by atoms with Crippen LogP contribution in [0.3, 0.4) is 0 Å². The topological polar surface area (TPSA) is 29.9 Å². The van der Waals surface area contributed by atoms with Crippen molar-refractivity contribution in [3.63, 3.8) is 0 Å². The van der Waals surface area contributed by atoms with Crippen molar-refractivity contribution in [1.82, 2.24) is 14.9 Å². The standard InChI is InChI=1S/C13H14Cl3N3/c1-9(7-19-5-4-17-8-19)18-6-10-11(14)2-3-12(15)13(10)16/h2-5,8-9,18H,6-7H2,1H3. The first kappa shape index (κ1) is 14.7. The molecule has 0 aliphatic carbocycles. The zero-order valence-corrected chi connectivity index (χ0v) is 12.7. The first-order valence-corrected chi connectivity index (χ1v) is 7.03. The molecule has 0 bridgehead atoms. The Kier molecular flexibility index (Phi) is 5.11. The zero-order chi connectivity index (χ0) is 13.8. The molecule has 1 heterocycles. The van der Waals surface area contributed by atoms with Gasteiger partial charge >= 0.3 is 0 Å². The Balaban J connectivity index is 1.97. The third-order valence-corrected chi connectivity index (χ3v) is 4.01. The highest BCUT2D eigenvalue weighted by Gasteiger charge is 2.11. The Morgan fingerprint density at radius 3 is 2.68 bits per heavy atom. The van der Waals surface area contributed by atoms with Crippen LogP contribution in [0.5, 0.6) is 0 Å². The number of rotatable bonds is 5. The summed E-state index contributed by atoms with van der Waals surface area (Å²) in [4.78, 5) is 4.01. The molecule has 1 aromatic carbocycles. The number of hydrogen-bond acceptors (Lipinski definition) is 2. The molecule has 0 amide bonds. The van der Waals surface area contributed by atoms with E-state index in [0.29, 0.717) is 21.6 Å². The quantitative estimate of drug-likeness (QED) is 0.844. The maximum atomic E-state index is 6.15. The molecule has 0 aliphatic rings. The van der Waals surface area contributed by atoms with Gasteiger partial charge in [-0.1, -0.05) is 34.8 Å². The molecular weight excluding hydrogens is 305 g/mol. The molecule has 2 rings (SSSR count). The fraction of sp³-hybridized carbons (Fsp3) is 0.308. The smallest absolute Gasteiger partial charge is 0.0946 e. The van der Waals surface area contributed by atoms with E-state index in [-0.39, 0.29) is 6.04 Å². The Labute approximate surface area is 127 Å². The number of imidazole rings is 1. The largest absolute Gasteiger partial charge is 0.336 e. The van der Waals surface area contributed by atoms with Crippen LogP contribution in [0.25, 0.3) is 0 Å². The van der Waals surface area contributed by atoms with Crippen LogP contribution in [-0.4, -0.2) is 15.6 Å². The van der Waals surface area contributed by atoms with Crippen molar-refractivity contribution < 1.29 is 0 Å². The average Bonchev–Trinajstić information content (AvgIpc) is 2.87. The molecular formula is C13H14Cl3N3. The van der Waals surface area contributed by atoms with Gasteiger partial charge < -0.3 is 9.88 Å². The molecule has 0 saturated heterocycles. The van der Waals surface area contributed by atoms with E-state index in [2.05, 4.69) is 17.2 Å². The Morgan fingerprint density at radius 2 is 2.00 bits per heavy atom. The third-order valence-electron chi connectivity index (χ3n) is 2.81. The predicted molar refractivity (Wildman–Crippen MR) is 80.0 cm³/mol. The monoisotopic (exact) mass is 317 g/mol. The molecule has 102 valence electrons. The van der Waals surface area contributed by atoms with Gasteiger partial charge in [0, 0.05) is 42.1 Å². The number of hydrogen-bond donors (Lipinski definition) is 1. The second-order valence-corrected chi connectivity index (χ2v) is 5.56. The molecule has 0 aliphatic heterocycles. The molecule has 0 fully saturated rings. The number of benzene rings is 1. The van der Waals surface area contributed by atoms with Crippen LogP contribution in [0.2, 0.25) is 15.1 Å². The number of nitrogens with zero attached hydrogens (tertiary/aromatic N) is 2. The van der Waals surface area contributed by atoms with E-state index in [4.69, 9.17) is 34.8 Å². The first-order valence-electron chi connectivity index (χ1n) is 5.89. The van der Waals surface area contributed by atoms with Gasteiger partial charge in [0.15, 0.2) is 0 Å². The summed E-state index contributed by atoms with van der Waals surface area (Å²) < 4.78 is 2.01. The fourth-order valence-corrected chi connectivity index (χ4v) is 2.46. The van der Waals surface area contributed by atoms with Gasteiger partial charge in [-0.3, -0.25) is 0 Å². The van der Waals surface area contributed by atoms with Crippen LogP contribution < -0.4 is 5.32 Å². The zero-order valence-electron chi connectivity index (χ0n) is 10.4. The fourth-order valence-electron chi connectivity index (χ4n) is 1.78. The third kappa shape index (κ3) is 3.86. The highest BCUT2D eigenvalue weighted by molar-refractivity contribution is 6.44. The minimum atomic E-state index is 0.264. The highest BCUT2D eigenvalue weighted by atomic mass is 35.5. The van der Waals surface area contributed by atoms with E-state index < -0.39 is 0 Å². The maximum Gasteiger partial charge on any atom is 0.0946 e. The Morgan fingerprint density at radius 1 is 1.26 bits per heavy atom. The molecule has 1 unspecified atom stereocenters. The van der Waals surface area contributed by atoms with Crippen LogP contribution in [0.15, 0.2) is 30.9 Å². The normalized spacial score (nSPS) is 12.6. The van der Waals surface area contributed by atoms with Crippen LogP contribution in [-0.2, 0) is 13.1 Å². The summed E-state index contributed by atoms with van der Waals surface area (Å²) in [6.07, 6.45) is 5.48. The summed E-state index contributed by atoms with van der Waals surface area (Å²) in [6.45, 7) is 3.50. The first-order chi connectivity index (χ1) is 9.08. The second kappa shape index (κ2) is 6.62. The molecule has 1 N–H and O–H groups in total. The van der Waals surface area contributed by atoms with Gasteiger partial charge in [0.25, 0.3) is 0 Å². The lowest BCUT2D eigenvalue weighted by atomic mass is 10.2. The van der Waals surface area contributed by atoms with E-state index in [1.807, 2.05) is 10.8 Å². The number of nitrogens with one attached hydrogen (secondary N) is 1. The summed E-state index contributed by atoms with van der Waals surface area (Å²) in [5.74, 6) is 0. The summed E-state index contributed by atoms with van der Waals surface area (Å²) >= 11 is 18.3. The predicted octanol–water partition coefficient (Wildman–Crippen LogP) is 4.02. The molecule has 6 heteroatoms. The van der Waals surface area contributed by atoms with Crippen molar-refractivity contribution in [3.05, 3.63) is 51.5 Å². The molecule has 0 spiro atoms. The van der Waals surface area contributed by atoms with Crippen molar-refractivity contribution in [1.29, 1.82) is 0 Å². The molecule has 2 aromatic rings. The number of halogens is 3. The number of aromatic nitrogens is 2. The van der Waals surface area contributed by atoms with E-state index in [1.54, 1.807) is 24.7 Å². The average molecular weight is 319 g/mol. The van der Waals surface area contributed by atoms with Crippen LogP contribution in [0.1, 0.15) is 12.5 Å². The minimum absolute atomic E-state index is 0.264. The highest BCUT2D eigenvalue weighted by Crippen LogP contribution is 2.31. The molecule has 0 radical (unpaired) electrons. The molecule has 19 heavy (non-hydrogen) atoms. The molecule has 1 aromatic heterocycles. The van der Waals surface area contributed by atoms with Crippen LogP contribution >= 0.6 is 34.8 Å². The maximum absolute atomic E-state index is 6.15. The summed E-state index contributed by atoms with van der Waals surface area (Å²) in [6, 6.07) is 3.72. The minimum Gasteiger partial charge on any atom is -0.336 e. The van der Waals surface area contributed by atoms with Crippen LogP contribution in [0.4, 0.5) is 0 Å². The van der Waals surface area contributed by atoms with Gasteiger partial charge in [0.1, 0.15) is 0 Å². The van der Waals surface area contributed by atoms with Crippen molar-refractivity contribution in [2.45, 2.75) is 26.1 Å². The van der Waals surface area contributed by atoms with E-state index in [1.165, 1.54) is 0 Å². The lowest BCUT2D eigenvalue weighted by Crippen LogP contribution is -2.29. The molecule has 0 saturated carbocycles. The summed E-state index contributed by atoms with van der Waals surface area (Å²) in [5, 5.41) is 5.02. The molecule has 1 atom stereocenters. The lowest BCUT2D eigenvalue weighted by Gasteiger charge is -2.16. The van der Waals surface area contributed by atoms with Gasteiger partial charge in [-0.25, -0.2) is 4.98 Å². The van der Waals surface area contributed by atoms with E-state index >= 15 is 0 Å². The summed E-state index contributed by atoms with van der Waals surface area (Å²) in [5.41, 5.74) is 0.827.